The number of hydrogen-bond donors (Lipinski definition) is 1. The first-order valence-electron chi connectivity index (χ1n) is 6.05. The maximum absolute atomic E-state index is 5.75. The van der Waals surface area contributed by atoms with Gasteiger partial charge in [0.25, 0.3) is 0 Å². The van der Waals surface area contributed by atoms with Gasteiger partial charge in [-0.3, -0.25) is 4.90 Å². The first-order valence-corrected chi connectivity index (χ1v) is 6.05. The van der Waals surface area contributed by atoms with Gasteiger partial charge in [0.2, 0.25) is 0 Å². The lowest BCUT2D eigenvalue weighted by Crippen LogP contribution is -2.47. The van der Waals surface area contributed by atoms with E-state index in [2.05, 4.69) is 25.8 Å². The van der Waals surface area contributed by atoms with Crippen molar-refractivity contribution < 1.29 is 4.74 Å². The summed E-state index contributed by atoms with van der Waals surface area (Å²) in [5.41, 5.74) is 5.88. The van der Waals surface area contributed by atoms with Crippen LogP contribution in [0.3, 0.4) is 0 Å². The van der Waals surface area contributed by atoms with Crippen molar-refractivity contribution >= 4 is 0 Å². The summed E-state index contributed by atoms with van der Waals surface area (Å²) in [6.45, 7) is 8.18. The fraction of sp³-hybridized carbons (Fsp3) is 1.00. The predicted octanol–water partition coefficient (Wildman–Crippen LogP) is 1.47. The van der Waals surface area contributed by atoms with Crippen LogP contribution in [0.25, 0.3) is 0 Å². The molecule has 3 nitrogen and oxygen atoms in total. The van der Waals surface area contributed by atoms with Crippen LogP contribution in [-0.2, 0) is 4.74 Å². The summed E-state index contributed by atoms with van der Waals surface area (Å²) in [7, 11) is 2.17. The fourth-order valence-corrected chi connectivity index (χ4v) is 1.87. The summed E-state index contributed by atoms with van der Waals surface area (Å²) in [5.74, 6) is 0.856. The molecule has 0 atom stereocenters. The zero-order valence-corrected chi connectivity index (χ0v) is 10.5. The van der Waals surface area contributed by atoms with E-state index >= 15 is 0 Å². The van der Waals surface area contributed by atoms with E-state index in [9.17, 15) is 0 Å². The van der Waals surface area contributed by atoms with E-state index < -0.39 is 0 Å². The Morgan fingerprint density at radius 1 is 1.33 bits per heavy atom. The van der Waals surface area contributed by atoms with Crippen molar-refractivity contribution in [1.82, 2.24) is 4.90 Å². The van der Waals surface area contributed by atoms with Crippen molar-refractivity contribution in [1.29, 1.82) is 0 Å². The quantitative estimate of drug-likeness (QED) is 0.753. The minimum atomic E-state index is 0.130. The molecule has 1 aliphatic rings. The third-order valence-corrected chi connectivity index (χ3v) is 3.75. The monoisotopic (exact) mass is 214 g/mol. The highest BCUT2D eigenvalue weighted by Gasteiger charge is 2.22. The Morgan fingerprint density at radius 3 is 2.47 bits per heavy atom. The van der Waals surface area contributed by atoms with Crippen LogP contribution < -0.4 is 5.73 Å². The zero-order chi connectivity index (χ0) is 11.3. The number of likely N-dealkylation sites (N-methyl/N-ethyl adjacent to an activating group) is 1. The molecule has 0 amide bonds. The Bertz CT molecular complexity index is 176. The van der Waals surface area contributed by atoms with E-state index in [4.69, 9.17) is 10.5 Å². The molecule has 0 radical (unpaired) electrons. The molecule has 3 heteroatoms. The molecule has 1 rings (SSSR count). The van der Waals surface area contributed by atoms with Crippen LogP contribution in [0.1, 0.15) is 33.1 Å². The van der Waals surface area contributed by atoms with Gasteiger partial charge in [-0.2, -0.15) is 0 Å². The summed E-state index contributed by atoms with van der Waals surface area (Å²) in [5, 5.41) is 0. The number of ether oxygens (including phenoxy) is 1. The van der Waals surface area contributed by atoms with Crippen molar-refractivity contribution in [3.63, 3.8) is 0 Å². The highest BCUT2D eigenvalue weighted by Crippen LogP contribution is 2.20. The molecule has 0 aromatic heterocycles. The molecule has 0 spiro atoms. The maximum Gasteiger partial charge on any atom is 0.0468 e. The van der Waals surface area contributed by atoms with Gasteiger partial charge in [0.05, 0.1) is 0 Å². The number of rotatable bonds is 5. The molecule has 15 heavy (non-hydrogen) atoms. The lowest BCUT2D eigenvalue weighted by atomic mass is 9.95. The van der Waals surface area contributed by atoms with E-state index in [1.807, 2.05) is 0 Å². The van der Waals surface area contributed by atoms with Gasteiger partial charge in [-0.05, 0) is 52.6 Å². The van der Waals surface area contributed by atoms with Crippen LogP contribution in [0, 0.1) is 5.92 Å². The van der Waals surface area contributed by atoms with Crippen molar-refractivity contribution in [2.24, 2.45) is 11.7 Å². The molecule has 2 N–H and O–H groups in total. The third kappa shape index (κ3) is 4.09. The molecular formula is C12H26N2O. The van der Waals surface area contributed by atoms with Crippen LogP contribution >= 0.6 is 0 Å². The molecule has 0 aromatic rings. The first-order chi connectivity index (χ1) is 7.06. The van der Waals surface area contributed by atoms with E-state index in [0.29, 0.717) is 0 Å². The van der Waals surface area contributed by atoms with Gasteiger partial charge >= 0.3 is 0 Å². The van der Waals surface area contributed by atoms with Crippen LogP contribution in [0.2, 0.25) is 0 Å². The number of hydrogen-bond acceptors (Lipinski definition) is 3. The van der Waals surface area contributed by atoms with E-state index in [0.717, 1.165) is 32.2 Å². The van der Waals surface area contributed by atoms with Gasteiger partial charge < -0.3 is 10.5 Å². The second-order valence-electron chi connectivity index (χ2n) is 5.28. The van der Waals surface area contributed by atoms with Crippen LogP contribution in [0.4, 0.5) is 0 Å². The average Bonchev–Trinajstić information content (AvgIpc) is 2.27. The molecule has 1 aliphatic heterocycles. The van der Waals surface area contributed by atoms with Gasteiger partial charge in [-0.25, -0.2) is 0 Å². The number of nitrogens with two attached hydrogens (primary N) is 1. The lowest BCUT2D eigenvalue weighted by molar-refractivity contribution is 0.0561. The number of nitrogens with zero attached hydrogens (tertiary/aromatic N) is 1. The predicted molar refractivity (Wildman–Crippen MR) is 63.9 cm³/mol. The standard InChI is InChI=1S/C12H26N2O/c1-12(2,10-13)14(3)7-4-11-5-8-15-9-6-11/h11H,4-10,13H2,1-3H3. The van der Waals surface area contributed by atoms with E-state index in [-0.39, 0.29) is 5.54 Å². The topological polar surface area (TPSA) is 38.5 Å². The molecule has 0 bridgehead atoms. The minimum absolute atomic E-state index is 0.130. The molecule has 90 valence electrons. The van der Waals surface area contributed by atoms with Crippen molar-refractivity contribution in [3.05, 3.63) is 0 Å². The second-order valence-corrected chi connectivity index (χ2v) is 5.28. The highest BCUT2D eigenvalue weighted by atomic mass is 16.5. The first kappa shape index (κ1) is 12.9. The summed E-state index contributed by atoms with van der Waals surface area (Å²) in [6, 6.07) is 0. The Labute approximate surface area is 94.0 Å². The minimum Gasteiger partial charge on any atom is -0.381 e. The Kier molecular flexibility index (Phi) is 5.03. The molecule has 0 saturated carbocycles. The van der Waals surface area contributed by atoms with Gasteiger partial charge in [0.1, 0.15) is 0 Å². The van der Waals surface area contributed by atoms with Crippen LogP contribution in [0.15, 0.2) is 0 Å². The second kappa shape index (κ2) is 5.83. The highest BCUT2D eigenvalue weighted by molar-refractivity contribution is 4.80. The zero-order valence-electron chi connectivity index (χ0n) is 10.5. The average molecular weight is 214 g/mol. The van der Waals surface area contributed by atoms with Crippen molar-refractivity contribution in [3.8, 4) is 0 Å². The third-order valence-electron chi connectivity index (χ3n) is 3.75. The molecule has 0 unspecified atom stereocenters. The Balaban J connectivity index is 2.23. The van der Waals surface area contributed by atoms with E-state index in [1.54, 1.807) is 0 Å². The van der Waals surface area contributed by atoms with Gasteiger partial charge in [0, 0.05) is 25.3 Å². The van der Waals surface area contributed by atoms with Crippen molar-refractivity contribution in [2.45, 2.75) is 38.6 Å². The van der Waals surface area contributed by atoms with E-state index in [1.165, 1.54) is 19.3 Å². The summed E-state index contributed by atoms with van der Waals surface area (Å²) in [6.07, 6.45) is 3.75. The molecule has 0 aliphatic carbocycles. The van der Waals surface area contributed by atoms with Gasteiger partial charge in [-0.1, -0.05) is 0 Å². The smallest absolute Gasteiger partial charge is 0.0468 e. The lowest BCUT2D eigenvalue weighted by Gasteiger charge is -2.35. The summed E-state index contributed by atoms with van der Waals surface area (Å²) < 4.78 is 5.36. The summed E-state index contributed by atoms with van der Waals surface area (Å²) in [4.78, 5) is 2.38. The van der Waals surface area contributed by atoms with Crippen LogP contribution in [-0.4, -0.2) is 43.8 Å². The fourth-order valence-electron chi connectivity index (χ4n) is 1.87. The normalized spacial score (nSPS) is 19.8. The van der Waals surface area contributed by atoms with Gasteiger partial charge in [-0.15, -0.1) is 0 Å². The molecule has 0 aromatic carbocycles. The summed E-state index contributed by atoms with van der Waals surface area (Å²) >= 11 is 0. The molecule has 1 heterocycles. The molecule has 1 fully saturated rings. The Hall–Kier alpha value is -0.120. The van der Waals surface area contributed by atoms with Crippen LogP contribution in [0.5, 0.6) is 0 Å². The Morgan fingerprint density at radius 2 is 1.93 bits per heavy atom. The molecule has 1 saturated heterocycles. The van der Waals surface area contributed by atoms with Crippen molar-refractivity contribution in [2.75, 3.05) is 33.4 Å². The largest absolute Gasteiger partial charge is 0.381 e. The maximum atomic E-state index is 5.75. The van der Waals surface area contributed by atoms with Gasteiger partial charge in [0.15, 0.2) is 0 Å². The molecular weight excluding hydrogens is 188 g/mol. The SMILES string of the molecule is CN(CCC1CCOCC1)C(C)(C)CN.